The van der Waals surface area contributed by atoms with Gasteiger partial charge in [-0.25, -0.2) is 0 Å². The van der Waals surface area contributed by atoms with E-state index in [2.05, 4.69) is 44.3 Å². The molecule has 0 spiro atoms. The van der Waals surface area contributed by atoms with Crippen molar-refractivity contribution in [3.8, 4) is 0 Å². The summed E-state index contributed by atoms with van der Waals surface area (Å²) >= 11 is 0. The van der Waals surface area contributed by atoms with Gasteiger partial charge in [-0.05, 0) is 57.2 Å². The Kier molecular flexibility index (Phi) is 4.81. The Hall–Kier alpha value is -1.35. The highest BCUT2D eigenvalue weighted by atomic mass is 16.4. The molecule has 0 bridgehead atoms. The van der Waals surface area contributed by atoms with E-state index < -0.39 is 5.97 Å². The molecule has 1 aromatic rings. The van der Waals surface area contributed by atoms with Gasteiger partial charge in [0.2, 0.25) is 0 Å². The fraction of sp³-hybridized carbons (Fsp3) is 0.588. The molecule has 1 aliphatic carbocycles. The highest BCUT2D eigenvalue weighted by Gasteiger charge is 2.32. The number of carboxylic acid groups (broad SMARTS) is 1. The van der Waals surface area contributed by atoms with Gasteiger partial charge in [0.25, 0.3) is 0 Å². The van der Waals surface area contributed by atoms with Crippen molar-refractivity contribution in [2.75, 3.05) is 6.54 Å². The van der Waals surface area contributed by atoms with Crippen LogP contribution in [0.15, 0.2) is 18.2 Å². The third-order valence-corrected chi connectivity index (χ3v) is 4.56. The number of hydrogen-bond donors (Lipinski definition) is 2. The van der Waals surface area contributed by atoms with Crippen molar-refractivity contribution in [3.63, 3.8) is 0 Å². The van der Waals surface area contributed by atoms with Crippen LogP contribution >= 0.6 is 0 Å². The summed E-state index contributed by atoms with van der Waals surface area (Å²) in [6.45, 7) is 7.19. The van der Waals surface area contributed by atoms with Crippen LogP contribution in [0.25, 0.3) is 0 Å². The largest absolute Gasteiger partial charge is 0.481 e. The zero-order valence-electron chi connectivity index (χ0n) is 12.6. The topological polar surface area (TPSA) is 49.3 Å². The molecule has 1 fully saturated rings. The van der Waals surface area contributed by atoms with Crippen molar-refractivity contribution in [2.24, 2.45) is 11.8 Å². The summed E-state index contributed by atoms with van der Waals surface area (Å²) in [7, 11) is 0. The lowest BCUT2D eigenvalue weighted by Crippen LogP contribution is -2.30. The molecule has 1 saturated carbocycles. The first kappa shape index (κ1) is 15.0. The van der Waals surface area contributed by atoms with Gasteiger partial charge < -0.3 is 10.4 Å². The minimum absolute atomic E-state index is 0.159. The van der Waals surface area contributed by atoms with Crippen molar-refractivity contribution >= 4 is 5.97 Å². The summed E-state index contributed by atoms with van der Waals surface area (Å²) < 4.78 is 0. The average Bonchev–Trinajstić information content (AvgIpc) is 2.87. The van der Waals surface area contributed by atoms with E-state index in [1.54, 1.807) is 0 Å². The molecule has 0 aliphatic heterocycles. The van der Waals surface area contributed by atoms with Gasteiger partial charge in [-0.1, -0.05) is 30.2 Å². The minimum Gasteiger partial charge on any atom is -0.481 e. The maximum atomic E-state index is 11.2. The highest BCUT2D eigenvalue weighted by Crippen LogP contribution is 2.32. The Morgan fingerprint density at radius 1 is 1.40 bits per heavy atom. The van der Waals surface area contributed by atoms with Crippen LogP contribution in [0.3, 0.4) is 0 Å². The van der Waals surface area contributed by atoms with Crippen LogP contribution in [0.2, 0.25) is 0 Å². The van der Waals surface area contributed by atoms with E-state index in [1.165, 1.54) is 16.7 Å². The number of nitrogens with one attached hydrogen (secondary N) is 1. The van der Waals surface area contributed by atoms with Crippen LogP contribution in [0.1, 0.15) is 48.9 Å². The summed E-state index contributed by atoms with van der Waals surface area (Å²) in [4.78, 5) is 11.2. The number of benzene rings is 1. The summed E-state index contributed by atoms with van der Waals surface area (Å²) in [6, 6.07) is 6.77. The summed E-state index contributed by atoms with van der Waals surface area (Å²) in [5.41, 5.74) is 3.87. The lowest BCUT2D eigenvalue weighted by Gasteiger charge is -2.22. The van der Waals surface area contributed by atoms with E-state index in [9.17, 15) is 9.90 Å². The molecule has 1 aromatic carbocycles. The number of carboxylic acids is 1. The molecule has 2 rings (SSSR count). The Morgan fingerprint density at radius 3 is 2.85 bits per heavy atom. The fourth-order valence-corrected chi connectivity index (χ4v) is 3.27. The third kappa shape index (κ3) is 3.40. The molecule has 1 aliphatic rings. The zero-order valence-corrected chi connectivity index (χ0v) is 12.6. The molecule has 0 aromatic heterocycles. The van der Waals surface area contributed by atoms with Crippen molar-refractivity contribution in [2.45, 2.75) is 46.1 Å². The van der Waals surface area contributed by atoms with Crippen LogP contribution in [0, 0.1) is 25.7 Å². The molecule has 3 heteroatoms. The van der Waals surface area contributed by atoms with E-state index in [0.717, 1.165) is 25.8 Å². The van der Waals surface area contributed by atoms with Crippen molar-refractivity contribution in [3.05, 3.63) is 34.9 Å². The van der Waals surface area contributed by atoms with E-state index in [-0.39, 0.29) is 17.9 Å². The van der Waals surface area contributed by atoms with Crippen LogP contribution in [-0.4, -0.2) is 17.6 Å². The second-order valence-corrected chi connectivity index (χ2v) is 6.13. The molecule has 0 saturated heterocycles. The van der Waals surface area contributed by atoms with Gasteiger partial charge in [-0.2, -0.15) is 0 Å². The SMILES string of the molecule is Cc1ccc(C)c(C(C)NCC2CCCC2C(=O)O)c1. The zero-order chi connectivity index (χ0) is 14.7. The predicted octanol–water partition coefficient (Wildman–Crippen LogP) is 3.45. The second-order valence-electron chi connectivity index (χ2n) is 6.13. The molecule has 0 heterocycles. The Labute approximate surface area is 121 Å². The van der Waals surface area contributed by atoms with Crippen LogP contribution in [0.4, 0.5) is 0 Å². The average molecular weight is 275 g/mol. The first-order chi connectivity index (χ1) is 9.49. The lowest BCUT2D eigenvalue weighted by molar-refractivity contribution is -0.142. The molecule has 0 amide bonds. The van der Waals surface area contributed by atoms with Gasteiger partial charge in [-0.3, -0.25) is 4.79 Å². The molecule has 20 heavy (non-hydrogen) atoms. The van der Waals surface area contributed by atoms with Crippen molar-refractivity contribution in [1.29, 1.82) is 0 Å². The molecule has 3 unspecified atom stereocenters. The molecule has 3 nitrogen and oxygen atoms in total. The molecule has 0 radical (unpaired) electrons. The fourth-order valence-electron chi connectivity index (χ4n) is 3.27. The number of aryl methyl sites for hydroxylation is 2. The molecular weight excluding hydrogens is 250 g/mol. The lowest BCUT2D eigenvalue weighted by atomic mass is 9.95. The molecule has 110 valence electrons. The summed E-state index contributed by atoms with van der Waals surface area (Å²) in [5, 5.41) is 12.7. The maximum absolute atomic E-state index is 11.2. The minimum atomic E-state index is -0.631. The van der Waals surface area contributed by atoms with Crippen LogP contribution in [0.5, 0.6) is 0 Å². The standard InChI is InChI=1S/C17H25NO2/c1-11-7-8-12(2)16(9-11)13(3)18-10-14-5-4-6-15(14)17(19)20/h7-9,13-15,18H,4-6,10H2,1-3H3,(H,19,20). The maximum Gasteiger partial charge on any atom is 0.306 e. The smallest absolute Gasteiger partial charge is 0.306 e. The molecule has 2 N–H and O–H groups in total. The van der Waals surface area contributed by atoms with E-state index >= 15 is 0 Å². The van der Waals surface area contributed by atoms with E-state index in [1.807, 2.05) is 0 Å². The summed E-state index contributed by atoms with van der Waals surface area (Å²) in [6.07, 6.45) is 2.91. The van der Waals surface area contributed by atoms with Gasteiger partial charge in [0, 0.05) is 6.04 Å². The van der Waals surface area contributed by atoms with E-state index in [0.29, 0.717) is 0 Å². The first-order valence-corrected chi connectivity index (χ1v) is 7.52. The quantitative estimate of drug-likeness (QED) is 0.865. The summed E-state index contributed by atoms with van der Waals surface area (Å²) in [5.74, 6) is -0.512. The van der Waals surface area contributed by atoms with Crippen LogP contribution < -0.4 is 5.32 Å². The van der Waals surface area contributed by atoms with Crippen molar-refractivity contribution < 1.29 is 9.90 Å². The number of hydrogen-bond acceptors (Lipinski definition) is 2. The van der Waals surface area contributed by atoms with Gasteiger partial charge in [-0.15, -0.1) is 0 Å². The highest BCUT2D eigenvalue weighted by molar-refractivity contribution is 5.70. The van der Waals surface area contributed by atoms with Gasteiger partial charge in [0.15, 0.2) is 0 Å². The van der Waals surface area contributed by atoms with Crippen molar-refractivity contribution in [1.82, 2.24) is 5.32 Å². The van der Waals surface area contributed by atoms with Crippen LogP contribution in [-0.2, 0) is 4.79 Å². The number of aliphatic carboxylic acids is 1. The number of rotatable bonds is 5. The molecule has 3 atom stereocenters. The van der Waals surface area contributed by atoms with E-state index in [4.69, 9.17) is 0 Å². The number of carbonyl (C=O) groups is 1. The van der Waals surface area contributed by atoms with Gasteiger partial charge in [0.05, 0.1) is 5.92 Å². The monoisotopic (exact) mass is 275 g/mol. The third-order valence-electron chi connectivity index (χ3n) is 4.56. The Bertz CT molecular complexity index is 484. The predicted molar refractivity (Wildman–Crippen MR) is 80.8 cm³/mol. The first-order valence-electron chi connectivity index (χ1n) is 7.52. The normalized spacial score (nSPS) is 23.8. The second kappa shape index (κ2) is 6.40. The van der Waals surface area contributed by atoms with Gasteiger partial charge >= 0.3 is 5.97 Å². The Morgan fingerprint density at radius 2 is 2.15 bits per heavy atom. The van der Waals surface area contributed by atoms with Gasteiger partial charge in [0.1, 0.15) is 0 Å². The Balaban J connectivity index is 1.96. The molecular formula is C17H25NO2.